The van der Waals surface area contributed by atoms with Crippen molar-refractivity contribution in [2.24, 2.45) is 0 Å². The molecule has 3 heterocycles. The van der Waals surface area contributed by atoms with Crippen LogP contribution >= 0.6 is 0 Å². The first kappa shape index (κ1) is 24.4. The highest BCUT2D eigenvalue weighted by atomic mass is 28.3. The Kier molecular flexibility index (Phi) is 5.05. The first-order valence-electron chi connectivity index (χ1n) is 14.9. The normalized spacial score (nSPS) is 13.5. The van der Waals surface area contributed by atoms with Crippen LogP contribution in [0.15, 0.2) is 140 Å². The summed E-state index contributed by atoms with van der Waals surface area (Å²) < 4.78 is 4.70. The zero-order valence-electron chi connectivity index (χ0n) is 24.1. The number of aromatic nitrogens is 3. The molecule has 1 aliphatic heterocycles. The topological polar surface area (TPSA) is 22.8 Å². The largest absolute Gasteiger partial charge is 0.309 e. The van der Waals surface area contributed by atoms with Crippen molar-refractivity contribution in [3.8, 4) is 33.9 Å². The van der Waals surface area contributed by atoms with Crippen LogP contribution in [0.1, 0.15) is 0 Å². The zero-order valence-corrected chi connectivity index (χ0v) is 25.1. The summed E-state index contributed by atoms with van der Waals surface area (Å²) in [4.78, 5) is 5.09. The van der Waals surface area contributed by atoms with Crippen LogP contribution in [0, 0.1) is 0 Å². The molecule has 0 spiro atoms. The van der Waals surface area contributed by atoms with Gasteiger partial charge in [0.15, 0.2) is 0 Å². The Bertz CT molecular complexity index is 2360. The molecule has 4 heteroatoms. The number of rotatable bonds is 3. The molecule has 2 aromatic heterocycles. The summed E-state index contributed by atoms with van der Waals surface area (Å²) in [7, 11) is -1.77. The van der Waals surface area contributed by atoms with Gasteiger partial charge in [0, 0.05) is 27.7 Å². The molecule has 0 bridgehead atoms. The Balaban J connectivity index is 1.26. The number of nitrogens with zero attached hydrogens (tertiary/aromatic N) is 3. The first-order valence-corrected chi connectivity index (χ1v) is 17.9. The molecule has 0 fully saturated rings. The number of hydrogen-bond acceptors (Lipinski definition) is 1. The van der Waals surface area contributed by atoms with E-state index in [1.54, 1.807) is 10.4 Å². The SMILES string of the molecule is C[Si]1(C)c2ccccc2-c2c1ccc1c2c2ccccc2n1-c1ccc(-c2nc3ccccc3n2-c2ccccc2)cc1. The molecule has 3 nitrogen and oxygen atoms in total. The van der Waals surface area contributed by atoms with Crippen LogP contribution in [0.3, 0.4) is 0 Å². The van der Waals surface area contributed by atoms with Gasteiger partial charge in [0.25, 0.3) is 0 Å². The molecule has 0 aliphatic carbocycles. The maximum absolute atomic E-state index is 5.09. The summed E-state index contributed by atoms with van der Waals surface area (Å²) in [6, 6.07) is 50.5. The molecule has 0 saturated carbocycles. The van der Waals surface area contributed by atoms with Gasteiger partial charge >= 0.3 is 0 Å². The fraction of sp³-hybridized carbons (Fsp3) is 0.0513. The smallest absolute Gasteiger partial charge is 0.145 e. The van der Waals surface area contributed by atoms with Gasteiger partial charge < -0.3 is 4.57 Å². The van der Waals surface area contributed by atoms with Crippen molar-refractivity contribution in [3.05, 3.63) is 140 Å². The van der Waals surface area contributed by atoms with Crippen molar-refractivity contribution in [2.75, 3.05) is 0 Å². The van der Waals surface area contributed by atoms with Gasteiger partial charge in [-0.1, -0.05) is 92.0 Å². The van der Waals surface area contributed by atoms with Gasteiger partial charge in [0.1, 0.15) is 13.9 Å². The standard InChI is InChI=1S/C39H29N3Si/c1-43(2)35-19-11-7-15-30(35)38-36(43)25-24-34-37(38)29-14-6-9-17-32(29)41(34)28-22-20-26(21-23-28)39-40-31-16-8-10-18-33(31)42(39)27-12-4-3-5-13-27/h3-25H,1-2H3. The van der Waals surface area contributed by atoms with E-state index in [9.17, 15) is 0 Å². The average Bonchev–Trinajstić information content (AvgIpc) is 3.68. The molecule has 8 aromatic rings. The summed E-state index contributed by atoms with van der Waals surface area (Å²) in [5.41, 5.74) is 10.8. The van der Waals surface area contributed by atoms with E-state index in [0.717, 1.165) is 33.8 Å². The van der Waals surface area contributed by atoms with E-state index in [1.807, 2.05) is 0 Å². The number of para-hydroxylation sites is 4. The third-order valence-corrected chi connectivity index (χ3v) is 12.9. The Morgan fingerprint density at radius 1 is 0.512 bits per heavy atom. The number of benzene rings is 6. The van der Waals surface area contributed by atoms with Crippen LogP contribution in [0.5, 0.6) is 0 Å². The molecule has 0 atom stereocenters. The Morgan fingerprint density at radius 2 is 1.19 bits per heavy atom. The van der Waals surface area contributed by atoms with Crippen molar-refractivity contribution in [2.45, 2.75) is 13.1 Å². The maximum atomic E-state index is 5.09. The molecule has 0 N–H and O–H groups in total. The lowest BCUT2D eigenvalue weighted by molar-refractivity contribution is 1.10. The van der Waals surface area contributed by atoms with Gasteiger partial charge in [-0.2, -0.15) is 0 Å². The third-order valence-electron chi connectivity index (χ3n) is 9.34. The Labute approximate surface area is 251 Å². The van der Waals surface area contributed by atoms with Crippen molar-refractivity contribution < 1.29 is 0 Å². The minimum atomic E-state index is -1.77. The van der Waals surface area contributed by atoms with Crippen LogP contribution in [-0.4, -0.2) is 22.2 Å². The van der Waals surface area contributed by atoms with Gasteiger partial charge in [-0.05, 0) is 82.2 Å². The number of hydrogen-bond donors (Lipinski definition) is 0. The monoisotopic (exact) mass is 567 g/mol. The molecule has 1 aliphatic rings. The molecule has 204 valence electrons. The number of fused-ring (bicyclic) bond motifs is 8. The number of imidazole rings is 1. The summed E-state index contributed by atoms with van der Waals surface area (Å²) in [5, 5.41) is 5.76. The van der Waals surface area contributed by atoms with Crippen LogP contribution in [-0.2, 0) is 0 Å². The molecule has 43 heavy (non-hydrogen) atoms. The second-order valence-electron chi connectivity index (χ2n) is 12.0. The summed E-state index contributed by atoms with van der Waals surface area (Å²) >= 11 is 0. The van der Waals surface area contributed by atoms with E-state index in [4.69, 9.17) is 4.98 Å². The third kappa shape index (κ3) is 3.38. The Hall–Kier alpha value is -5.19. The summed E-state index contributed by atoms with van der Waals surface area (Å²) in [5.74, 6) is 0.947. The lowest BCUT2D eigenvalue weighted by Crippen LogP contribution is -2.49. The highest BCUT2D eigenvalue weighted by Crippen LogP contribution is 2.41. The van der Waals surface area contributed by atoms with E-state index in [1.165, 1.54) is 32.9 Å². The van der Waals surface area contributed by atoms with Crippen LogP contribution in [0.2, 0.25) is 13.1 Å². The van der Waals surface area contributed by atoms with E-state index >= 15 is 0 Å². The fourth-order valence-corrected chi connectivity index (χ4v) is 10.4. The molecular formula is C39H29N3Si. The quantitative estimate of drug-likeness (QED) is 0.196. The predicted octanol–water partition coefficient (Wildman–Crippen LogP) is 8.59. The zero-order chi connectivity index (χ0) is 28.7. The van der Waals surface area contributed by atoms with Gasteiger partial charge in [0.2, 0.25) is 0 Å². The van der Waals surface area contributed by atoms with E-state index in [-0.39, 0.29) is 0 Å². The van der Waals surface area contributed by atoms with Crippen molar-refractivity contribution >= 4 is 51.3 Å². The van der Waals surface area contributed by atoms with E-state index in [2.05, 4.69) is 162 Å². The molecule has 9 rings (SSSR count). The van der Waals surface area contributed by atoms with Crippen molar-refractivity contribution in [1.29, 1.82) is 0 Å². The second kappa shape index (κ2) is 8.90. The molecule has 0 amide bonds. The molecule has 0 saturated heterocycles. The van der Waals surface area contributed by atoms with Gasteiger partial charge in [-0.15, -0.1) is 0 Å². The highest BCUT2D eigenvalue weighted by Gasteiger charge is 2.38. The lowest BCUT2D eigenvalue weighted by Gasteiger charge is -2.18. The van der Waals surface area contributed by atoms with Gasteiger partial charge in [0.05, 0.1) is 22.1 Å². The molecular weight excluding hydrogens is 539 g/mol. The van der Waals surface area contributed by atoms with Crippen LogP contribution in [0.4, 0.5) is 0 Å². The summed E-state index contributed by atoms with van der Waals surface area (Å²) in [6.07, 6.45) is 0. The lowest BCUT2D eigenvalue weighted by atomic mass is 9.99. The second-order valence-corrected chi connectivity index (χ2v) is 16.4. The van der Waals surface area contributed by atoms with Gasteiger partial charge in [-0.3, -0.25) is 4.57 Å². The average molecular weight is 568 g/mol. The highest BCUT2D eigenvalue weighted by molar-refractivity contribution is 7.04. The molecule has 6 aromatic carbocycles. The summed E-state index contributed by atoms with van der Waals surface area (Å²) in [6.45, 7) is 4.98. The fourth-order valence-electron chi connectivity index (χ4n) is 7.35. The van der Waals surface area contributed by atoms with Gasteiger partial charge in [-0.25, -0.2) is 4.98 Å². The Morgan fingerprint density at radius 3 is 2.02 bits per heavy atom. The maximum Gasteiger partial charge on any atom is 0.145 e. The van der Waals surface area contributed by atoms with E-state index in [0.29, 0.717) is 0 Å². The van der Waals surface area contributed by atoms with Crippen LogP contribution in [0.25, 0.3) is 66.7 Å². The van der Waals surface area contributed by atoms with Crippen LogP contribution < -0.4 is 10.4 Å². The minimum Gasteiger partial charge on any atom is -0.309 e. The predicted molar refractivity (Wildman–Crippen MR) is 183 cm³/mol. The first-order chi connectivity index (χ1) is 21.1. The van der Waals surface area contributed by atoms with E-state index < -0.39 is 8.07 Å². The van der Waals surface area contributed by atoms with Crippen molar-refractivity contribution in [3.63, 3.8) is 0 Å². The molecule has 0 unspecified atom stereocenters. The molecule has 0 radical (unpaired) electrons. The van der Waals surface area contributed by atoms with Crippen molar-refractivity contribution in [1.82, 2.24) is 14.1 Å². The minimum absolute atomic E-state index is 0.947.